The second-order valence-corrected chi connectivity index (χ2v) is 5.63. The molecule has 0 aliphatic carbocycles. The van der Waals surface area contributed by atoms with E-state index in [1.54, 1.807) is 18.2 Å². The van der Waals surface area contributed by atoms with Crippen molar-refractivity contribution in [2.75, 3.05) is 11.1 Å². The van der Waals surface area contributed by atoms with Crippen LogP contribution < -0.4 is 15.8 Å². The Bertz CT molecular complexity index is 734. The minimum Gasteiger partial charge on any atom is -0.454 e. The Labute approximate surface area is 129 Å². The molecule has 1 aliphatic rings. The van der Waals surface area contributed by atoms with Crippen LogP contribution in [0.15, 0.2) is 34.8 Å². The molecule has 1 aliphatic heterocycles. The van der Waals surface area contributed by atoms with E-state index in [-0.39, 0.29) is 5.91 Å². The number of nitrogen functional groups attached to an aromatic ring is 1. The first-order valence-electron chi connectivity index (χ1n) is 6.38. The van der Waals surface area contributed by atoms with Crippen molar-refractivity contribution < 1.29 is 13.9 Å². The molecule has 0 fully saturated rings. The molecule has 3 N–H and O–H groups in total. The first-order valence-corrected chi connectivity index (χ1v) is 7.17. The van der Waals surface area contributed by atoms with E-state index in [2.05, 4.69) is 21.2 Å². The van der Waals surface area contributed by atoms with E-state index in [0.29, 0.717) is 40.2 Å². The zero-order valence-corrected chi connectivity index (χ0v) is 12.5. The Morgan fingerprint density at radius 1 is 1.19 bits per heavy atom. The van der Waals surface area contributed by atoms with Crippen molar-refractivity contribution in [1.29, 1.82) is 0 Å². The van der Waals surface area contributed by atoms with Gasteiger partial charge in [-0.1, -0.05) is 0 Å². The second kappa shape index (κ2) is 5.37. The van der Waals surface area contributed by atoms with Crippen molar-refractivity contribution in [3.05, 3.63) is 46.2 Å². The number of nitrogens with two attached hydrogens (primary N) is 1. The van der Waals surface area contributed by atoms with Crippen LogP contribution in [0.1, 0.15) is 12.0 Å². The molecule has 2 aromatic rings. The number of carbonyl (C=O) groups excluding carboxylic acids is 1. The lowest BCUT2D eigenvalue weighted by atomic mass is 10.0. The molecule has 6 heteroatoms. The maximum Gasteiger partial charge on any atom is 0.224 e. The van der Waals surface area contributed by atoms with Crippen LogP contribution in [0, 0.1) is 5.82 Å². The fourth-order valence-electron chi connectivity index (χ4n) is 2.19. The number of hydrogen-bond acceptors (Lipinski definition) is 3. The average molecular weight is 351 g/mol. The Morgan fingerprint density at radius 2 is 2.00 bits per heavy atom. The first-order chi connectivity index (χ1) is 10.0. The summed E-state index contributed by atoms with van der Waals surface area (Å²) in [5, 5.41) is 2.78. The van der Waals surface area contributed by atoms with Gasteiger partial charge in [0.25, 0.3) is 0 Å². The second-order valence-electron chi connectivity index (χ2n) is 4.77. The summed E-state index contributed by atoms with van der Waals surface area (Å²) in [5.74, 6) is 0.259. The van der Waals surface area contributed by atoms with E-state index >= 15 is 0 Å². The van der Waals surface area contributed by atoms with Crippen molar-refractivity contribution in [1.82, 2.24) is 0 Å². The highest BCUT2D eigenvalue weighted by molar-refractivity contribution is 9.10. The third kappa shape index (κ3) is 2.85. The minimum atomic E-state index is -0.405. The number of benzene rings is 2. The Balaban J connectivity index is 1.97. The molecule has 3 rings (SSSR count). The molecule has 4 nitrogen and oxygen atoms in total. The van der Waals surface area contributed by atoms with Gasteiger partial charge in [-0.15, -0.1) is 0 Å². The largest absolute Gasteiger partial charge is 0.454 e. The molecule has 1 heterocycles. The van der Waals surface area contributed by atoms with Gasteiger partial charge in [0, 0.05) is 24.2 Å². The maximum atomic E-state index is 13.3. The quantitative estimate of drug-likeness (QED) is 0.808. The molecular weight excluding hydrogens is 339 g/mol. The molecule has 108 valence electrons. The van der Waals surface area contributed by atoms with Gasteiger partial charge in [-0.2, -0.15) is 0 Å². The number of halogens is 2. The van der Waals surface area contributed by atoms with E-state index in [1.807, 2.05) is 0 Å². The Kier molecular flexibility index (Phi) is 3.55. The fourth-order valence-corrected chi connectivity index (χ4v) is 2.52. The van der Waals surface area contributed by atoms with Crippen LogP contribution in [0.25, 0.3) is 0 Å². The lowest BCUT2D eigenvalue weighted by molar-refractivity contribution is -0.116. The molecule has 21 heavy (non-hydrogen) atoms. The van der Waals surface area contributed by atoms with Crippen molar-refractivity contribution >= 4 is 33.2 Å². The van der Waals surface area contributed by atoms with Crippen LogP contribution in [0.4, 0.5) is 15.8 Å². The summed E-state index contributed by atoms with van der Waals surface area (Å²) in [5.41, 5.74) is 8.07. The average Bonchev–Trinajstić information content (AvgIpc) is 2.44. The van der Waals surface area contributed by atoms with Crippen LogP contribution in [0.3, 0.4) is 0 Å². The number of anilines is 2. The predicted octanol–water partition coefficient (Wildman–Crippen LogP) is 3.85. The summed E-state index contributed by atoms with van der Waals surface area (Å²) in [4.78, 5) is 11.4. The van der Waals surface area contributed by atoms with Gasteiger partial charge in [0.2, 0.25) is 5.91 Å². The highest BCUT2D eigenvalue weighted by atomic mass is 79.9. The molecule has 0 atom stereocenters. The summed E-state index contributed by atoms with van der Waals surface area (Å²) in [6.45, 7) is 0. The molecule has 0 spiro atoms. The third-order valence-corrected chi connectivity index (χ3v) is 3.90. The smallest absolute Gasteiger partial charge is 0.224 e. The zero-order valence-electron chi connectivity index (χ0n) is 11.0. The maximum absolute atomic E-state index is 13.3. The molecule has 0 aromatic heterocycles. The first kappa shape index (κ1) is 13.9. The highest BCUT2D eigenvalue weighted by Crippen LogP contribution is 2.37. The van der Waals surface area contributed by atoms with Crippen LogP contribution in [0.5, 0.6) is 11.5 Å². The van der Waals surface area contributed by atoms with E-state index in [4.69, 9.17) is 10.5 Å². The number of fused-ring (bicyclic) bond motifs is 1. The van der Waals surface area contributed by atoms with Gasteiger partial charge in [-0.05, 0) is 46.1 Å². The van der Waals surface area contributed by atoms with E-state index in [0.717, 1.165) is 5.56 Å². The minimum absolute atomic E-state index is 0.0369. The van der Waals surface area contributed by atoms with Gasteiger partial charge in [-0.3, -0.25) is 4.79 Å². The standard InChI is InChI=1S/C15H12BrFN2O2/c16-10-3-2-9(17)6-13(10)21-14-7-12-8(5-11(14)18)1-4-15(20)19-12/h2-3,5-7H,1,4,18H2,(H,19,20). The summed E-state index contributed by atoms with van der Waals surface area (Å²) >= 11 is 3.29. The van der Waals surface area contributed by atoms with Crippen molar-refractivity contribution in [3.63, 3.8) is 0 Å². The number of aryl methyl sites for hydroxylation is 1. The van der Waals surface area contributed by atoms with E-state index in [9.17, 15) is 9.18 Å². The van der Waals surface area contributed by atoms with Crippen LogP contribution in [-0.2, 0) is 11.2 Å². The van der Waals surface area contributed by atoms with Crippen molar-refractivity contribution in [2.24, 2.45) is 0 Å². The SMILES string of the molecule is Nc1cc2c(cc1Oc1cc(F)ccc1Br)NC(=O)CC2. The molecule has 0 saturated heterocycles. The van der Waals surface area contributed by atoms with Crippen LogP contribution in [0.2, 0.25) is 0 Å². The molecule has 1 amide bonds. The number of carbonyl (C=O) groups is 1. The number of hydrogen-bond donors (Lipinski definition) is 2. The molecule has 0 unspecified atom stereocenters. The van der Waals surface area contributed by atoms with Crippen LogP contribution >= 0.6 is 15.9 Å². The molecular formula is C15H12BrFN2O2. The van der Waals surface area contributed by atoms with Gasteiger partial charge in [0.05, 0.1) is 10.2 Å². The van der Waals surface area contributed by atoms with Gasteiger partial charge >= 0.3 is 0 Å². The number of rotatable bonds is 2. The number of nitrogens with one attached hydrogen (secondary N) is 1. The van der Waals surface area contributed by atoms with E-state index < -0.39 is 5.82 Å². The van der Waals surface area contributed by atoms with E-state index in [1.165, 1.54) is 12.1 Å². The molecule has 0 radical (unpaired) electrons. The Morgan fingerprint density at radius 3 is 2.81 bits per heavy atom. The number of ether oxygens (including phenoxy) is 1. The zero-order chi connectivity index (χ0) is 15.0. The number of amides is 1. The summed E-state index contributed by atoms with van der Waals surface area (Å²) in [7, 11) is 0. The van der Waals surface area contributed by atoms with Gasteiger partial charge in [0.1, 0.15) is 11.6 Å². The van der Waals surface area contributed by atoms with Gasteiger partial charge < -0.3 is 15.8 Å². The lowest BCUT2D eigenvalue weighted by Gasteiger charge is -2.19. The Hall–Kier alpha value is -2.08. The predicted molar refractivity (Wildman–Crippen MR) is 82.0 cm³/mol. The monoisotopic (exact) mass is 350 g/mol. The van der Waals surface area contributed by atoms with Crippen LogP contribution in [-0.4, -0.2) is 5.91 Å². The fraction of sp³-hybridized carbons (Fsp3) is 0.133. The third-order valence-electron chi connectivity index (χ3n) is 3.24. The van der Waals surface area contributed by atoms with Gasteiger partial charge in [0.15, 0.2) is 5.75 Å². The summed E-state index contributed by atoms with van der Waals surface area (Å²) in [6, 6.07) is 7.59. The molecule has 2 aromatic carbocycles. The summed E-state index contributed by atoms with van der Waals surface area (Å²) in [6.07, 6.45) is 1.09. The highest BCUT2D eigenvalue weighted by Gasteiger charge is 2.18. The molecule has 0 bridgehead atoms. The topological polar surface area (TPSA) is 64.3 Å². The molecule has 0 saturated carbocycles. The van der Waals surface area contributed by atoms with Crippen molar-refractivity contribution in [2.45, 2.75) is 12.8 Å². The van der Waals surface area contributed by atoms with Crippen molar-refractivity contribution in [3.8, 4) is 11.5 Å². The normalized spacial score (nSPS) is 13.5. The van der Waals surface area contributed by atoms with Gasteiger partial charge in [-0.25, -0.2) is 4.39 Å². The lowest BCUT2D eigenvalue weighted by Crippen LogP contribution is -2.19. The summed E-state index contributed by atoms with van der Waals surface area (Å²) < 4.78 is 19.6.